The average molecular weight is 276 g/mol. The number of nitrogens with zero attached hydrogens (tertiary/aromatic N) is 2. The van der Waals surface area contributed by atoms with Gasteiger partial charge < -0.3 is 10.1 Å². The van der Waals surface area contributed by atoms with Crippen molar-refractivity contribution in [3.05, 3.63) is 12.2 Å². The fraction of sp³-hybridized carbons (Fsp3) is 0.778. The Balaban J connectivity index is 1.67. The molecule has 9 heteroatoms. The van der Waals surface area contributed by atoms with Gasteiger partial charge in [0.05, 0.1) is 19.0 Å². The highest BCUT2D eigenvalue weighted by Crippen LogP contribution is 2.13. The first-order chi connectivity index (χ1) is 8.53. The van der Waals surface area contributed by atoms with Crippen molar-refractivity contribution in [1.82, 2.24) is 20.5 Å². The number of ether oxygens (including phenoxy) is 1. The maximum absolute atomic E-state index is 11.0. The van der Waals surface area contributed by atoms with Crippen molar-refractivity contribution in [2.24, 2.45) is 0 Å². The number of nitrogens with one attached hydrogen (secondary N) is 2. The summed E-state index contributed by atoms with van der Waals surface area (Å²) in [6.45, 7) is 1.35. The Kier molecular flexibility index (Phi) is 4.27. The Morgan fingerprint density at radius 3 is 3.06 bits per heavy atom. The van der Waals surface area contributed by atoms with Crippen LogP contribution in [0.2, 0.25) is 0 Å². The third-order valence-electron chi connectivity index (χ3n) is 2.52. The quantitative estimate of drug-likeness (QED) is 0.644. The van der Waals surface area contributed by atoms with Gasteiger partial charge in [0.25, 0.3) is 10.1 Å². The number of hydrogen-bond acceptors (Lipinski definition) is 7. The van der Waals surface area contributed by atoms with Gasteiger partial charge in [-0.1, -0.05) is 0 Å². The Morgan fingerprint density at radius 1 is 1.56 bits per heavy atom. The first kappa shape index (κ1) is 13.4. The number of H-pyrrole nitrogens is 1. The molecule has 1 aromatic heterocycles. The van der Waals surface area contributed by atoms with E-state index in [0.717, 1.165) is 6.26 Å². The molecule has 1 aliphatic heterocycles. The third-order valence-corrected chi connectivity index (χ3v) is 3.14. The molecule has 0 aliphatic carbocycles. The van der Waals surface area contributed by atoms with E-state index in [2.05, 4.69) is 20.5 Å². The Hall–Kier alpha value is -1.03. The van der Waals surface area contributed by atoms with E-state index in [4.69, 9.17) is 8.92 Å². The molecule has 2 atom stereocenters. The molecule has 0 bridgehead atoms. The summed E-state index contributed by atoms with van der Waals surface area (Å²) in [5.74, 6) is 0.664. The van der Waals surface area contributed by atoms with Gasteiger partial charge in [-0.05, 0) is 6.42 Å². The van der Waals surface area contributed by atoms with Crippen molar-refractivity contribution >= 4 is 10.1 Å². The first-order valence-electron chi connectivity index (χ1n) is 5.56. The molecule has 2 heterocycles. The maximum atomic E-state index is 11.0. The van der Waals surface area contributed by atoms with E-state index in [0.29, 0.717) is 32.0 Å². The molecule has 2 N–H and O–H groups in total. The van der Waals surface area contributed by atoms with Gasteiger partial charge in [0.2, 0.25) is 0 Å². The Morgan fingerprint density at radius 2 is 2.39 bits per heavy atom. The van der Waals surface area contributed by atoms with Crippen molar-refractivity contribution in [2.45, 2.75) is 25.2 Å². The summed E-state index contributed by atoms with van der Waals surface area (Å²) in [4.78, 5) is 3.93. The number of hydrogen-bond donors (Lipinski definition) is 2. The van der Waals surface area contributed by atoms with Gasteiger partial charge in [-0.25, -0.2) is 4.98 Å². The van der Waals surface area contributed by atoms with E-state index in [-0.39, 0.29) is 12.1 Å². The second-order valence-electron chi connectivity index (χ2n) is 4.21. The van der Waals surface area contributed by atoms with Gasteiger partial charge in [-0.2, -0.15) is 13.5 Å². The third kappa shape index (κ3) is 4.33. The molecule has 2 rings (SSSR count). The van der Waals surface area contributed by atoms with Crippen molar-refractivity contribution in [3.8, 4) is 0 Å². The predicted molar refractivity (Wildman–Crippen MR) is 62.2 cm³/mol. The minimum absolute atomic E-state index is 0.0969. The van der Waals surface area contributed by atoms with E-state index >= 15 is 0 Å². The van der Waals surface area contributed by atoms with Crippen LogP contribution in [0, 0.1) is 0 Å². The topological polar surface area (TPSA) is 106 Å². The number of aromatic nitrogens is 3. The molecule has 102 valence electrons. The lowest BCUT2D eigenvalue weighted by molar-refractivity contribution is 0.0958. The van der Waals surface area contributed by atoms with Gasteiger partial charge in [0, 0.05) is 12.6 Å². The van der Waals surface area contributed by atoms with Crippen molar-refractivity contribution in [1.29, 1.82) is 0 Å². The van der Waals surface area contributed by atoms with Crippen LogP contribution in [-0.4, -0.2) is 55.2 Å². The molecule has 0 radical (unpaired) electrons. The van der Waals surface area contributed by atoms with E-state index in [1.54, 1.807) is 0 Å². The van der Waals surface area contributed by atoms with Crippen LogP contribution in [0.4, 0.5) is 0 Å². The molecule has 0 spiro atoms. The standard InChI is InChI=1S/C9H16N4O4S/c1-18(14,15)17-8-2-7(10-3-8)4-16-5-9-11-6-12-13-9/h6-8,10H,2-5H2,1H3,(H,11,12,13)/t7-,8+/m0/s1. The smallest absolute Gasteiger partial charge is 0.264 e. The van der Waals surface area contributed by atoms with Gasteiger partial charge >= 0.3 is 0 Å². The molecule has 0 unspecified atom stereocenters. The normalized spacial score (nSPS) is 24.5. The summed E-state index contributed by atoms with van der Waals surface area (Å²) in [6.07, 6.45) is 2.78. The molecular weight excluding hydrogens is 260 g/mol. The molecule has 8 nitrogen and oxygen atoms in total. The second-order valence-corrected chi connectivity index (χ2v) is 5.81. The average Bonchev–Trinajstić information content (AvgIpc) is 2.88. The minimum atomic E-state index is -3.39. The van der Waals surface area contributed by atoms with Crippen LogP contribution >= 0.6 is 0 Å². The van der Waals surface area contributed by atoms with E-state index in [1.165, 1.54) is 6.33 Å². The van der Waals surface area contributed by atoms with Crippen LogP contribution in [-0.2, 0) is 25.6 Å². The fourth-order valence-corrected chi connectivity index (χ4v) is 2.47. The van der Waals surface area contributed by atoms with E-state index in [9.17, 15) is 8.42 Å². The molecular formula is C9H16N4O4S. The SMILES string of the molecule is CS(=O)(=O)O[C@H]1CN[C@H](COCc2ncn[nH]2)C1. The van der Waals surface area contributed by atoms with Gasteiger partial charge in [0.15, 0.2) is 0 Å². The Labute approximate surface area is 105 Å². The van der Waals surface area contributed by atoms with Crippen LogP contribution in [0.1, 0.15) is 12.2 Å². The summed E-state index contributed by atoms with van der Waals surface area (Å²) in [6, 6.07) is 0.0969. The highest BCUT2D eigenvalue weighted by molar-refractivity contribution is 7.86. The van der Waals surface area contributed by atoms with Crippen molar-refractivity contribution in [3.63, 3.8) is 0 Å². The molecule has 0 saturated carbocycles. The molecule has 18 heavy (non-hydrogen) atoms. The zero-order valence-electron chi connectivity index (χ0n) is 10.00. The molecule has 0 aromatic carbocycles. The highest BCUT2D eigenvalue weighted by Gasteiger charge is 2.27. The largest absolute Gasteiger partial charge is 0.372 e. The van der Waals surface area contributed by atoms with Gasteiger partial charge in [0.1, 0.15) is 18.8 Å². The Bertz CT molecular complexity index is 461. The van der Waals surface area contributed by atoms with Crippen molar-refractivity contribution < 1.29 is 17.3 Å². The molecule has 0 amide bonds. The van der Waals surface area contributed by atoms with E-state index in [1.807, 2.05) is 0 Å². The van der Waals surface area contributed by atoms with Gasteiger partial charge in [-0.3, -0.25) is 9.28 Å². The summed E-state index contributed by atoms with van der Waals surface area (Å²) in [7, 11) is -3.39. The highest BCUT2D eigenvalue weighted by atomic mass is 32.2. The predicted octanol–water partition coefficient (Wildman–Crippen LogP) is -0.972. The number of aromatic amines is 1. The lowest BCUT2D eigenvalue weighted by Crippen LogP contribution is -2.26. The zero-order valence-corrected chi connectivity index (χ0v) is 10.8. The summed E-state index contributed by atoms with van der Waals surface area (Å²) >= 11 is 0. The summed E-state index contributed by atoms with van der Waals surface area (Å²) in [5, 5.41) is 9.55. The van der Waals surface area contributed by atoms with Crippen LogP contribution in [0.5, 0.6) is 0 Å². The van der Waals surface area contributed by atoms with Crippen LogP contribution in [0.3, 0.4) is 0 Å². The molecule has 1 saturated heterocycles. The van der Waals surface area contributed by atoms with Gasteiger partial charge in [-0.15, -0.1) is 0 Å². The molecule has 1 aromatic rings. The summed E-state index contributed by atoms with van der Waals surface area (Å²) in [5.41, 5.74) is 0. The zero-order chi connectivity index (χ0) is 13.0. The van der Waals surface area contributed by atoms with Crippen LogP contribution in [0.15, 0.2) is 6.33 Å². The maximum Gasteiger partial charge on any atom is 0.264 e. The number of rotatable bonds is 6. The van der Waals surface area contributed by atoms with Crippen LogP contribution < -0.4 is 5.32 Å². The fourth-order valence-electron chi connectivity index (χ4n) is 1.83. The lowest BCUT2D eigenvalue weighted by Gasteiger charge is -2.10. The summed E-state index contributed by atoms with van der Waals surface area (Å²) < 4.78 is 32.3. The minimum Gasteiger partial charge on any atom is -0.372 e. The van der Waals surface area contributed by atoms with Crippen LogP contribution in [0.25, 0.3) is 0 Å². The first-order valence-corrected chi connectivity index (χ1v) is 7.38. The second kappa shape index (κ2) is 5.74. The molecule has 1 aliphatic rings. The van der Waals surface area contributed by atoms with Crippen molar-refractivity contribution in [2.75, 3.05) is 19.4 Å². The molecule has 1 fully saturated rings. The lowest BCUT2D eigenvalue weighted by atomic mass is 10.2. The monoisotopic (exact) mass is 276 g/mol. The van der Waals surface area contributed by atoms with E-state index < -0.39 is 10.1 Å².